The highest BCUT2D eigenvalue weighted by Crippen LogP contribution is 2.32. The summed E-state index contributed by atoms with van der Waals surface area (Å²) >= 11 is 0. The van der Waals surface area contributed by atoms with E-state index in [0.29, 0.717) is 29.3 Å². The molecule has 36 heavy (non-hydrogen) atoms. The molecule has 12 heteroatoms. The monoisotopic (exact) mass is 509 g/mol. The molecule has 0 saturated carbocycles. The minimum Gasteiger partial charge on any atom is -0.756 e. The molecule has 2 unspecified atom stereocenters. The maximum Gasteiger partial charge on any atom is 0.285 e. The summed E-state index contributed by atoms with van der Waals surface area (Å²) in [7, 11) is -4.88. The largest absolute Gasteiger partial charge is 0.756 e. The maximum atomic E-state index is 10.9. The molecular weight excluding hydrogens is 485 g/mol. The molecular formula is C24H24N5O6P. The number of phosphoric acid groups is 1. The minimum atomic E-state index is -4.88. The molecule has 0 amide bonds. The van der Waals surface area contributed by atoms with Crippen molar-refractivity contribution in [2.75, 3.05) is 5.73 Å². The van der Waals surface area contributed by atoms with Crippen molar-refractivity contribution in [1.29, 1.82) is 0 Å². The van der Waals surface area contributed by atoms with Crippen molar-refractivity contribution >= 4 is 13.6 Å². The number of nitrogens with zero attached hydrogens (tertiary/aromatic N) is 4. The van der Waals surface area contributed by atoms with Crippen LogP contribution in [0.3, 0.4) is 0 Å². The highest BCUT2D eigenvalue weighted by Gasteiger charge is 2.23. The zero-order valence-corrected chi connectivity index (χ0v) is 20.1. The van der Waals surface area contributed by atoms with Crippen molar-refractivity contribution in [1.82, 2.24) is 15.1 Å². The van der Waals surface area contributed by atoms with Crippen LogP contribution in [0.15, 0.2) is 65.6 Å². The Hall–Kier alpha value is -3.63. The first-order valence-corrected chi connectivity index (χ1v) is 12.8. The second kappa shape index (κ2) is 10.2. The van der Waals surface area contributed by atoms with Crippen LogP contribution in [0.2, 0.25) is 0 Å². The number of rotatable bonds is 8. The Kier molecular flexibility index (Phi) is 6.80. The number of aryl methyl sites for hydroxylation is 1. The Balaban J connectivity index is 1.25. The predicted molar refractivity (Wildman–Crippen MR) is 125 cm³/mol. The standard InChI is InChI=1S/C24H24N5O6P/c25-24-19(6-3-11-29(24)15-33-36(30,31)32)21-13-18(28-35-21)12-16-8-9-22(27-14-16)34-20-7-1-4-17-5-2-10-26-23(17)20/h2-3,5-6,8-11,13-14,20,25H,1,4,7,12,15H2,(H2,30,31,32). The number of aromatic nitrogens is 4. The van der Waals surface area contributed by atoms with Crippen molar-refractivity contribution in [2.45, 2.75) is 38.5 Å². The molecule has 5 rings (SSSR count). The summed E-state index contributed by atoms with van der Waals surface area (Å²) in [5.41, 5.74) is 10.4. The first kappa shape index (κ1) is 24.1. The Morgan fingerprint density at radius 3 is 2.94 bits per heavy atom. The van der Waals surface area contributed by atoms with Gasteiger partial charge in [-0.15, -0.1) is 0 Å². The number of phosphoric ester groups is 1. The third kappa shape index (κ3) is 5.60. The minimum absolute atomic E-state index is 0.103. The zero-order chi connectivity index (χ0) is 25.1. The van der Waals surface area contributed by atoms with Gasteiger partial charge in [0.2, 0.25) is 5.88 Å². The highest BCUT2D eigenvalue weighted by molar-refractivity contribution is 7.44. The fourth-order valence-corrected chi connectivity index (χ4v) is 4.43. The lowest BCUT2D eigenvalue weighted by molar-refractivity contribution is -0.712. The van der Waals surface area contributed by atoms with E-state index in [2.05, 4.69) is 25.7 Å². The van der Waals surface area contributed by atoms with Gasteiger partial charge < -0.3 is 19.0 Å². The van der Waals surface area contributed by atoms with Gasteiger partial charge in [0.15, 0.2) is 12.5 Å². The number of pyridine rings is 3. The van der Waals surface area contributed by atoms with Crippen LogP contribution in [0.5, 0.6) is 5.88 Å². The van der Waals surface area contributed by atoms with E-state index in [-0.39, 0.29) is 11.9 Å². The second-order valence-electron chi connectivity index (χ2n) is 8.41. The number of hydrogen-bond acceptors (Lipinski definition) is 9. The Morgan fingerprint density at radius 2 is 2.14 bits per heavy atom. The van der Waals surface area contributed by atoms with Gasteiger partial charge in [0, 0.05) is 30.9 Å². The van der Waals surface area contributed by atoms with Gasteiger partial charge in [-0.2, -0.15) is 0 Å². The van der Waals surface area contributed by atoms with Crippen molar-refractivity contribution < 1.29 is 32.7 Å². The van der Waals surface area contributed by atoms with E-state index in [1.54, 1.807) is 30.6 Å². The highest BCUT2D eigenvalue weighted by atomic mass is 31.2. The van der Waals surface area contributed by atoms with Gasteiger partial charge in [-0.1, -0.05) is 17.3 Å². The molecule has 0 fully saturated rings. The van der Waals surface area contributed by atoms with Gasteiger partial charge in [-0.05, 0) is 48.6 Å². The first-order valence-electron chi connectivity index (χ1n) is 11.3. The van der Waals surface area contributed by atoms with Gasteiger partial charge in [-0.3, -0.25) is 19.8 Å². The van der Waals surface area contributed by atoms with Crippen molar-refractivity contribution in [3.8, 4) is 17.2 Å². The molecule has 0 radical (unpaired) electrons. The number of ether oxygens (including phenoxy) is 1. The van der Waals surface area contributed by atoms with E-state index in [1.807, 2.05) is 18.2 Å². The zero-order valence-electron chi connectivity index (χ0n) is 19.2. The predicted octanol–water partition coefficient (Wildman–Crippen LogP) is 2.48. The van der Waals surface area contributed by atoms with E-state index in [0.717, 1.165) is 30.5 Å². The molecule has 0 spiro atoms. The van der Waals surface area contributed by atoms with Gasteiger partial charge in [-0.25, -0.2) is 9.55 Å². The molecule has 186 valence electrons. The Morgan fingerprint density at radius 1 is 1.25 bits per heavy atom. The van der Waals surface area contributed by atoms with Crippen molar-refractivity contribution in [2.24, 2.45) is 0 Å². The molecule has 3 N–H and O–H groups in total. The Labute approximate surface area is 206 Å². The fourth-order valence-electron chi connectivity index (χ4n) is 4.16. The van der Waals surface area contributed by atoms with Crippen LogP contribution in [0, 0.1) is 0 Å². The number of nitrogen functional groups attached to an aromatic ring is 1. The molecule has 4 aromatic rings. The lowest BCUT2D eigenvalue weighted by Crippen LogP contribution is -2.38. The van der Waals surface area contributed by atoms with Crippen LogP contribution in [-0.2, 0) is 28.7 Å². The molecule has 2 atom stereocenters. The molecule has 1 aliphatic carbocycles. The van der Waals surface area contributed by atoms with E-state index in [9.17, 15) is 9.46 Å². The molecule has 0 saturated heterocycles. The van der Waals surface area contributed by atoms with Gasteiger partial charge in [0.05, 0.1) is 17.6 Å². The average molecular weight is 509 g/mol. The summed E-state index contributed by atoms with van der Waals surface area (Å²) in [4.78, 5) is 28.7. The molecule has 0 bridgehead atoms. The van der Waals surface area contributed by atoms with Crippen LogP contribution < -0.4 is 19.9 Å². The molecule has 0 aliphatic heterocycles. The van der Waals surface area contributed by atoms with Crippen molar-refractivity contribution in [3.63, 3.8) is 0 Å². The van der Waals surface area contributed by atoms with Crippen molar-refractivity contribution in [3.05, 3.63) is 83.6 Å². The third-order valence-corrected chi connectivity index (χ3v) is 6.33. The average Bonchev–Trinajstić information content (AvgIpc) is 3.32. The van der Waals surface area contributed by atoms with Crippen LogP contribution >= 0.6 is 7.82 Å². The van der Waals surface area contributed by atoms with E-state index >= 15 is 0 Å². The van der Waals surface area contributed by atoms with Gasteiger partial charge >= 0.3 is 0 Å². The maximum absolute atomic E-state index is 10.9. The third-order valence-electron chi connectivity index (χ3n) is 5.89. The van der Waals surface area contributed by atoms with Crippen LogP contribution in [-0.4, -0.2) is 20.0 Å². The topological polar surface area (TPSA) is 161 Å². The van der Waals surface area contributed by atoms with Crippen LogP contribution in [0.4, 0.5) is 5.82 Å². The Bertz CT molecular complexity index is 1400. The SMILES string of the molecule is Nc1c(-c2cc(Cc3ccc(OC4CCCc5cccnc54)nc3)no2)ccc[n+]1COP(=O)([O-])O. The number of hydrogen-bond donors (Lipinski definition) is 2. The number of anilines is 1. The number of fused-ring (bicyclic) bond motifs is 1. The van der Waals surface area contributed by atoms with E-state index in [4.69, 9.17) is 19.9 Å². The van der Waals surface area contributed by atoms with Gasteiger partial charge in [0.25, 0.3) is 13.6 Å². The normalized spacial score (nSPS) is 16.8. The summed E-state index contributed by atoms with van der Waals surface area (Å²) in [6.07, 6.45) is 8.39. The molecule has 0 aromatic carbocycles. The molecule has 1 aliphatic rings. The second-order valence-corrected chi connectivity index (χ2v) is 9.61. The molecule has 4 heterocycles. The number of nitrogens with two attached hydrogens (primary N) is 1. The van der Waals surface area contributed by atoms with Crippen LogP contribution in [0.1, 0.15) is 41.5 Å². The molecule has 4 aromatic heterocycles. The summed E-state index contributed by atoms with van der Waals surface area (Å²) < 4.78 is 28.2. The lowest BCUT2D eigenvalue weighted by Gasteiger charge is -2.24. The summed E-state index contributed by atoms with van der Waals surface area (Å²) in [5, 5.41) is 4.11. The van der Waals surface area contributed by atoms with E-state index < -0.39 is 14.6 Å². The quantitative estimate of drug-likeness (QED) is 0.267. The first-order chi connectivity index (χ1) is 17.4. The lowest BCUT2D eigenvalue weighted by atomic mass is 9.94. The fraction of sp³-hybridized carbons (Fsp3) is 0.250. The summed E-state index contributed by atoms with van der Waals surface area (Å²) in [6, 6.07) is 12.9. The van der Waals surface area contributed by atoms with E-state index in [1.165, 1.54) is 16.3 Å². The molecule has 11 nitrogen and oxygen atoms in total. The van der Waals surface area contributed by atoms with Gasteiger partial charge in [0.1, 0.15) is 11.7 Å². The summed E-state index contributed by atoms with van der Waals surface area (Å²) in [6.45, 7) is -0.472. The summed E-state index contributed by atoms with van der Waals surface area (Å²) in [5.74, 6) is 1.13. The smallest absolute Gasteiger partial charge is 0.285 e. The van der Waals surface area contributed by atoms with Crippen LogP contribution in [0.25, 0.3) is 11.3 Å².